The Labute approximate surface area is 246 Å². The van der Waals surface area contributed by atoms with E-state index in [2.05, 4.69) is 5.32 Å². The Morgan fingerprint density at radius 3 is 2.15 bits per heavy atom. The second-order valence-corrected chi connectivity index (χ2v) is 11.7. The number of nitrogens with one attached hydrogen (secondary N) is 1. The Kier molecular flexibility index (Phi) is 10.7. The first-order valence-corrected chi connectivity index (χ1v) is 14.7. The van der Waals surface area contributed by atoms with E-state index in [1.807, 2.05) is 6.92 Å². The van der Waals surface area contributed by atoms with Gasteiger partial charge < -0.3 is 10.2 Å². The normalized spacial score (nSPS) is 12.5. The van der Waals surface area contributed by atoms with Crippen molar-refractivity contribution in [2.45, 2.75) is 43.9 Å². The lowest BCUT2D eigenvalue weighted by Crippen LogP contribution is -2.51. The molecule has 7 nitrogen and oxygen atoms in total. The second-order valence-electron chi connectivity index (χ2n) is 9.06. The molecule has 3 rings (SSSR count). The smallest absolute Gasteiger partial charge is 0.354 e. The van der Waals surface area contributed by atoms with Gasteiger partial charge in [-0.05, 0) is 55.8 Å². The minimum atomic E-state index is -4.76. The van der Waals surface area contributed by atoms with Crippen LogP contribution in [0.5, 0.6) is 0 Å². The van der Waals surface area contributed by atoms with Crippen molar-refractivity contribution >= 4 is 50.7 Å². The largest absolute Gasteiger partial charge is 0.416 e. The van der Waals surface area contributed by atoms with E-state index in [1.54, 1.807) is 24.3 Å². The molecule has 0 fully saturated rings. The van der Waals surface area contributed by atoms with Crippen LogP contribution in [0.1, 0.15) is 31.4 Å². The molecule has 0 saturated carbocycles. The number of benzene rings is 3. The standard InChI is InChI=1S/C28H28Cl2F3N3O4S/c1-3-15-34-27(38)19(2)35(17-23-24(29)13-8-14-25(23)30)26(37)18-36(41(39,40)22-11-5-4-6-12-22)21-10-7-9-20(16-21)28(31,32)33/h4-14,16,19H,3,15,17-18H2,1-2H3,(H,34,38)/t19-/m1/s1. The molecule has 0 unspecified atom stereocenters. The van der Waals surface area contributed by atoms with Crippen LogP contribution in [0.15, 0.2) is 77.7 Å². The number of amides is 2. The lowest BCUT2D eigenvalue weighted by atomic mass is 10.1. The fourth-order valence-corrected chi connectivity index (χ4v) is 5.86. The van der Waals surface area contributed by atoms with Crippen molar-refractivity contribution in [3.8, 4) is 0 Å². The van der Waals surface area contributed by atoms with Crippen LogP contribution in [0.25, 0.3) is 0 Å². The van der Waals surface area contributed by atoms with E-state index in [-0.39, 0.29) is 27.2 Å². The van der Waals surface area contributed by atoms with Gasteiger partial charge in [0.1, 0.15) is 12.6 Å². The number of anilines is 1. The number of carbonyl (C=O) groups excluding carboxylic acids is 2. The Balaban J connectivity index is 2.10. The highest BCUT2D eigenvalue weighted by Gasteiger charge is 2.35. The molecule has 0 heterocycles. The summed E-state index contributed by atoms with van der Waals surface area (Å²) in [5.74, 6) is -1.38. The average Bonchev–Trinajstić information content (AvgIpc) is 2.94. The highest BCUT2D eigenvalue weighted by atomic mass is 35.5. The number of hydrogen-bond donors (Lipinski definition) is 1. The zero-order valence-corrected chi connectivity index (χ0v) is 24.5. The summed E-state index contributed by atoms with van der Waals surface area (Å²) in [6.45, 7) is 2.45. The summed E-state index contributed by atoms with van der Waals surface area (Å²) in [5, 5.41) is 3.11. The lowest BCUT2D eigenvalue weighted by Gasteiger charge is -2.32. The Morgan fingerprint density at radius 2 is 1.56 bits per heavy atom. The van der Waals surface area contributed by atoms with Crippen LogP contribution in [-0.4, -0.2) is 44.3 Å². The van der Waals surface area contributed by atoms with Crippen LogP contribution in [0.4, 0.5) is 18.9 Å². The topological polar surface area (TPSA) is 86.8 Å². The van der Waals surface area contributed by atoms with E-state index >= 15 is 0 Å². The maximum absolute atomic E-state index is 13.9. The zero-order chi connectivity index (χ0) is 30.4. The number of rotatable bonds is 11. The highest BCUT2D eigenvalue weighted by molar-refractivity contribution is 7.92. The molecule has 0 aliphatic heterocycles. The van der Waals surface area contributed by atoms with Crippen molar-refractivity contribution in [1.29, 1.82) is 0 Å². The number of halogens is 5. The van der Waals surface area contributed by atoms with Gasteiger partial charge in [0.15, 0.2) is 0 Å². The minimum absolute atomic E-state index is 0.211. The second kappa shape index (κ2) is 13.6. The first kappa shape index (κ1) is 32.2. The summed E-state index contributed by atoms with van der Waals surface area (Å²) < 4.78 is 68.7. The van der Waals surface area contributed by atoms with Gasteiger partial charge in [0.2, 0.25) is 11.8 Å². The molecule has 0 aliphatic rings. The van der Waals surface area contributed by atoms with E-state index in [1.165, 1.54) is 31.2 Å². The van der Waals surface area contributed by atoms with Crippen molar-refractivity contribution in [2.75, 3.05) is 17.4 Å². The van der Waals surface area contributed by atoms with Gasteiger partial charge in [-0.3, -0.25) is 13.9 Å². The molecular weight excluding hydrogens is 602 g/mol. The van der Waals surface area contributed by atoms with Gasteiger partial charge >= 0.3 is 6.18 Å². The third-order valence-corrected chi connectivity index (χ3v) is 8.67. The highest BCUT2D eigenvalue weighted by Crippen LogP contribution is 2.34. The van der Waals surface area contributed by atoms with Crippen molar-refractivity contribution in [2.24, 2.45) is 0 Å². The third kappa shape index (κ3) is 7.93. The van der Waals surface area contributed by atoms with Crippen LogP contribution in [0, 0.1) is 0 Å². The van der Waals surface area contributed by atoms with Crippen LogP contribution in [0.3, 0.4) is 0 Å². The van der Waals surface area contributed by atoms with Gasteiger partial charge in [-0.15, -0.1) is 0 Å². The summed E-state index contributed by atoms with van der Waals surface area (Å²) >= 11 is 12.6. The monoisotopic (exact) mass is 629 g/mol. The molecule has 1 atom stereocenters. The van der Waals surface area contributed by atoms with E-state index in [0.717, 1.165) is 23.1 Å². The Bertz CT molecular complexity index is 1470. The third-order valence-electron chi connectivity index (χ3n) is 6.18. The van der Waals surface area contributed by atoms with Crippen molar-refractivity contribution in [3.05, 3.63) is 94.0 Å². The molecule has 0 spiro atoms. The molecule has 0 saturated heterocycles. The van der Waals surface area contributed by atoms with Crippen LogP contribution >= 0.6 is 23.2 Å². The van der Waals surface area contributed by atoms with Crippen LogP contribution < -0.4 is 9.62 Å². The number of carbonyl (C=O) groups is 2. The van der Waals surface area contributed by atoms with E-state index in [4.69, 9.17) is 23.2 Å². The van der Waals surface area contributed by atoms with Crippen molar-refractivity contribution in [3.63, 3.8) is 0 Å². The summed E-state index contributed by atoms with van der Waals surface area (Å²) in [5.41, 5.74) is -1.16. The zero-order valence-electron chi connectivity index (χ0n) is 22.2. The maximum atomic E-state index is 13.9. The van der Waals surface area contributed by atoms with Gasteiger partial charge in [-0.25, -0.2) is 8.42 Å². The summed E-state index contributed by atoms with van der Waals surface area (Å²) in [7, 11) is -4.53. The Hall–Kier alpha value is -3.28. The van der Waals surface area contributed by atoms with E-state index < -0.39 is 46.2 Å². The number of nitrogens with zero attached hydrogens (tertiary/aromatic N) is 2. The molecule has 3 aromatic carbocycles. The molecule has 2 amide bonds. The molecule has 0 aliphatic carbocycles. The number of alkyl halides is 3. The molecular formula is C28H28Cl2F3N3O4S. The predicted molar refractivity (Wildman–Crippen MR) is 152 cm³/mol. The van der Waals surface area contributed by atoms with Crippen LogP contribution in [0.2, 0.25) is 10.0 Å². The molecule has 0 bridgehead atoms. The lowest BCUT2D eigenvalue weighted by molar-refractivity contribution is -0.139. The Morgan fingerprint density at radius 1 is 0.951 bits per heavy atom. The summed E-state index contributed by atoms with van der Waals surface area (Å²) in [6, 6.07) is 14.2. The van der Waals surface area contributed by atoms with Gasteiger partial charge in [-0.2, -0.15) is 13.2 Å². The fourth-order valence-electron chi connectivity index (χ4n) is 3.92. The van der Waals surface area contributed by atoms with Gasteiger partial charge in [0.25, 0.3) is 10.0 Å². The van der Waals surface area contributed by atoms with Gasteiger partial charge in [0.05, 0.1) is 16.1 Å². The van der Waals surface area contributed by atoms with E-state index in [9.17, 15) is 31.2 Å². The molecule has 41 heavy (non-hydrogen) atoms. The fraction of sp³-hybridized carbons (Fsp3) is 0.286. The summed E-state index contributed by atoms with van der Waals surface area (Å²) in [4.78, 5) is 27.6. The van der Waals surface area contributed by atoms with Gasteiger partial charge in [-0.1, -0.05) is 60.5 Å². The number of hydrogen-bond acceptors (Lipinski definition) is 4. The molecule has 3 aromatic rings. The molecule has 220 valence electrons. The SMILES string of the molecule is CCCNC(=O)[C@@H](C)N(Cc1c(Cl)cccc1Cl)C(=O)CN(c1cccc(C(F)(F)F)c1)S(=O)(=O)c1ccccc1. The molecule has 0 aromatic heterocycles. The first-order chi connectivity index (χ1) is 19.3. The average molecular weight is 631 g/mol. The predicted octanol–water partition coefficient (Wildman–Crippen LogP) is 6.15. The quantitative estimate of drug-likeness (QED) is 0.276. The maximum Gasteiger partial charge on any atom is 0.416 e. The van der Waals surface area contributed by atoms with Gasteiger partial charge in [0, 0.05) is 28.7 Å². The minimum Gasteiger partial charge on any atom is -0.354 e. The molecule has 0 radical (unpaired) electrons. The molecule has 13 heteroatoms. The van der Waals surface area contributed by atoms with E-state index in [0.29, 0.717) is 28.9 Å². The van der Waals surface area contributed by atoms with Crippen LogP contribution in [-0.2, 0) is 32.3 Å². The van der Waals surface area contributed by atoms with Crippen molar-refractivity contribution in [1.82, 2.24) is 10.2 Å². The molecule has 1 N–H and O–H groups in total. The number of sulfonamides is 1. The summed E-state index contributed by atoms with van der Waals surface area (Å²) in [6.07, 6.45) is -4.14. The van der Waals surface area contributed by atoms with Crippen molar-refractivity contribution < 1.29 is 31.2 Å². The first-order valence-electron chi connectivity index (χ1n) is 12.5.